The zero-order valence-electron chi connectivity index (χ0n) is 34.1. The van der Waals surface area contributed by atoms with Gasteiger partial charge in [0.1, 0.15) is 0 Å². The van der Waals surface area contributed by atoms with Crippen molar-refractivity contribution in [2.24, 2.45) is 0 Å². The van der Waals surface area contributed by atoms with Crippen molar-refractivity contribution in [1.29, 1.82) is 0 Å². The molecule has 0 radical (unpaired) electrons. The molecule has 13 rings (SSSR count). The Balaban J connectivity index is 1.24. The van der Waals surface area contributed by atoms with Gasteiger partial charge in [-0.05, 0) is 125 Å². The minimum atomic E-state index is 0.901. The van der Waals surface area contributed by atoms with E-state index in [2.05, 4.69) is 228 Å². The first-order valence-corrected chi connectivity index (χ1v) is 21.7. The Kier molecular flexibility index (Phi) is 7.77. The predicted octanol–water partition coefficient (Wildman–Crippen LogP) is 16.4. The fourth-order valence-electron chi connectivity index (χ4n) is 10.7. The molecule has 0 amide bonds. The number of rotatable bonds is 4. The van der Waals surface area contributed by atoms with Gasteiger partial charge in [-0.15, -0.1) is 0 Å². The Bertz CT molecular complexity index is 3290. The average Bonchev–Trinajstić information content (AvgIpc) is 3.33. The average molecular weight is 789 g/mol. The largest absolute Gasteiger partial charge is 0.309 e. The molecule has 0 unspecified atom stereocenters. The second kappa shape index (κ2) is 13.8. The van der Waals surface area contributed by atoms with Crippen molar-refractivity contribution in [1.82, 2.24) is 0 Å². The third-order valence-electron chi connectivity index (χ3n) is 13.4. The Morgan fingerprint density at radius 1 is 0.258 bits per heavy atom. The first-order valence-electron chi connectivity index (χ1n) is 21.7. The van der Waals surface area contributed by atoms with E-state index in [-0.39, 0.29) is 0 Å². The van der Waals surface area contributed by atoms with Crippen molar-refractivity contribution in [3.05, 3.63) is 241 Å². The third kappa shape index (κ3) is 5.30. The molecule has 0 saturated heterocycles. The van der Waals surface area contributed by atoms with Gasteiger partial charge in [0.2, 0.25) is 0 Å². The van der Waals surface area contributed by atoms with E-state index in [1.165, 1.54) is 122 Å². The van der Waals surface area contributed by atoms with Crippen LogP contribution in [0.4, 0.5) is 34.1 Å². The van der Waals surface area contributed by atoms with Gasteiger partial charge in [0, 0.05) is 46.4 Å². The first-order chi connectivity index (χ1) is 30.8. The summed E-state index contributed by atoms with van der Waals surface area (Å²) in [5.74, 6) is 0. The quantitative estimate of drug-likeness (QED) is 0.164. The van der Waals surface area contributed by atoms with Gasteiger partial charge in [0.15, 0.2) is 0 Å². The van der Waals surface area contributed by atoms with E-state index in [4.69, 9.17) is 0 Å². The van der Waals surface area contributed by atoms with Crippen molar-refractivity contribution in [3.63, 3.8) is 0 Å². The molecule has 2 aliphatic rings. The van der Waals surface area contributed by atoms with Crippen LogP contribution >= 0.6 is 0 Å². The topological polar surface area (TPSA) is 6.48 Å². The van der Waals surface area contributed by atoms with Crippen LogP contribution in [0.3, 0.4) is 0 Å². The van der Waals surface area contributed by atoms with Gasteiger partial charge in [-0.25, -0.2) is 0 Å². The number of para-hydroxylation sites is 4. The highest BCUT2D eigenvalue weighted by molar-refractivity contribution is 6.28. The lowest BCUT2D eigenvalue weighted by molar-refractivity contribution is 1.09. The Hall–Kier alpha value is -7.94. The molecule has 0 spiro atoms. The maximum absolute atomic E-state index is 2.54. The highest BCUT2D eigenvalue weighted by Crippen LogP contribution is 2.55. The van der Waals surface area contributed by atoms with Gasteiger partial charge < -0.3 is 9.80 Å². The fourth-order valence-corrected chi connectivity index (χ4v) is 10.7. The van der Waals surface area contributed by atoms with E-state index >= 15 is 0 Å². The van der Waals surface area contributed by atoms with Gasteiger partial charge >= 0.3 is 0 Å². The first kappa shape index (κ1) is 34.9. The lowest BCUT2D eigenvalue weighted by Gasteiger charge is -2.36. The van der Waals surface area contributed by atoms with Crippen LogP contribution in [0.2, 0.25) is 0 Å². The molecule has 62 heavy (non-hydrogen) atoms. The lowest BCUT2D eigenvalue weighted by atomic mass is 9.82. The van der Waals surface area contributed by atoms with Crippen molar-refractivity contribution in [2.75, 3.05) is 9.80 Å². The molecule has 0 bridgehead atoms. The molecule has 0 N–H and O–H groups in total. The lowest BCUT2D eigenvalue weighted by Crippen LogP contribution is -2.19. The van der Waals surface area contributed by atoms with E-state index in [9.17, 15) is 0 Å². The van der Waals surface area contributed by atoms with Crippen molar-refractivity contribution < 1.29 is 0 Å². The maximum Gasteiger partial charge on any atom is 0.0546 e. The summed E-state index contributed by atoms with van der Waals surface area (Å²) in [5, 5.41) is 9.85. The van der Waals surface area contributed by atoms with E-state index in [1.807, 2.05) is 0 Å². The summed E-state index contributed by atoms with van der Waals surface area (Å²) < 4.78 is 0. The molecule has 11 aromatic rings. The number of nitrogens with zero attached hydrogens (tertiary/aromatic N) is 2. The van der Waals surface area contributed by atoms with E-state index in [1.54, 1.807) is 0 Å². The summed E-state index contributed by atoms with van der Waals surface area (Å²) in [4.78, 5) is 5.08. The molecule has 2 nitrogen and oxygen atoms in total. The summed E-state index contributed by atoms with van der Waals surface area (Å²) >= 11 is 0. The summed E-state index contributed by atoms with van der Waals surface area (Å²) in [6.07, 6.45) is 1.80. The van der Waals surface area contributed by atoms with Gasteiger partial charge in [0.25, 0.3) is 0 Å². The SMILES string of the molecule is c1ccc2c(c1)Cc1ccccc1N2c1cccc2c(-c3ccc4ccccc4c3)c3c(N4c5ccccc5Cc5ccccc54)cccc3c(-c3ccc4ccccc4c3)c12. The predicted molar refractivity (Wildman–Crippen MR) is 262 cm³/mol. The molecule has 0 aliphatic carbocycles. The maximum atomic E-state index is 2.54. The number of anilines is 6. The van der Waals surface area contributed by atoms with E-state index < -0.39 is 0 Å². The zero-order chi connectivity index (χ0) is 40.7. The van der Waals surface area contributed by atoms with Crippen LogP contribution in [0.5, 0.6) is 0 Å². The van der Waals surface area contributed by atoms with Crippen LogP contribution in [-0.2, 0) is 12.8 Å². The van der Waals surface area contributed by atoms with E-state index in [0.717, 1.165) is 12.8 Å². The Morgan fingerprint density at radius 3 is 0.968 bits per heavy atom. The molecule has 11 aromatic carbocycles. The van der Waals surface area contributed by atoms with Gasteiger partial charge in [-0.3, -0.25) is 0 Å². The normalized spacial score (nSPS) is 13.0. The van der Waals surface area contributed by atoms with Gasteiger partial charge in [-0.2, -0.15) is 0 Å². The second-order valence-corrected chi connectivity index (χ2v) is 16.8. The molecule has 0 aromatic heterocycles. The minimum absolute atomic E-state index is 0.901. The van der Waals surface area contributed by atoms with Crippen LogP contribution in [0, 0.1) is 0 Å². The highest BCUT2D eigenvalue weighted by atomic mass is 15.2. The van der Waals surface area contributed by atoms with E-state index in [0.29, 0.717) is 0 Å². The number of hydrogen-bond donors (Lipinski definition) is 0. The Morgan fingerprint density at radius 2 is 0.581 bits per heavy atom. The van der Waals surface area contributed by atoms with Crippen molar-refractivity contribution >= 4 is 77.2 Å². The van der Waals surface area contributed by atoms with Crippen molar-refractivity contribution in [2.45, 2.75) is 12.8 Å². The van der Waals surface area contributed by atoms with Gasteiger partial charge in [0.05, 0.1) is 11.4 Å². The molecule has 290 valence electrons. The van der Waals surface area contributed by atoms with Crippen LogP contribution in [0.1, 0.15) is 22.3 Å². The summed E-state index contributed by atoms with van der Waals surface area (Å²) in [6.45, 7) is 0. The number of hydrogen-bond acceptors (Lipinski definition) is 2. The summed E-state index contributed by atoms with van der Waals surface area (Å²) in [5.41, 5.74) is 17.5. The standard InChI is InChI=1S/C60H40N2/c1-3-17-41-35-47(33-31-39(41)15-1)57-49-23-13-30-56(62-53-27-11-7-21-45(53)38-46-22-8-12-28-54(46)62)60(49)58(48-34-32-40-16-2-4-18-42(40)36-48)50-24-14-29-55(59(50)57)61-51-25-9-5-19-43(51)37-44-20-6-10-26-52(44)61/h1-36H,37-38H2. The van der Waals surface area contributed by atoms with Crippen LogP contribution in [0.15, 0.2) is 218 Å². The van der Waals surface area contributed by atoms with Crippen LogP contribution in [0.25, 0.3) is 65.3 Å². The van der Waals surface area contributed by atoms with Gasteiger partial charge in [-0.1, -0.05) is 170 Å². The Labute approximate surface area is 361 Å². The summed E-state index contributed by atoms with van der Waals surface area (Å²) in [7, 11) is 0. The summed E-state index contributed by atoms with van der Waals surface area (Å²) in [6, 6.07) is 81.5. The number of fused-ring (bicyclic) bond motifs is 8. The van der Waals surface area contributed by atoms with Crippen LogP contribution < -0.4 is 9.80 Å². The van der Waals surface area contributed by atoms with Crippen molar-refractivity contribution in [3.8, 4) is 22.3 Å². The molecule has 0 fully saturated rings. The molecule has 0 atom stereocenters. The minimum Gasteiger partial charge on any atom is -0.309 e. The number of benzene rings is 11. The monoisotopic (exact) mass is 788 g/mol. The molecule has 2 heterocycles. The zero-order valence-corrected chi connectivity index (χ0v) is 34.1. The molecular formula is C60H40N2. The smallest absolute Gasteiger partial charge is 0.0546 e. The van der Waals surface area contributed by atoms with Crippen LogP contribution in [-0.4, -0.2) is 0 Å². The molecule has 2 aliphatic heterocycles. The molecular weight excluding hydrogens is 749 g/mol. The third-order valence-corrected chi connectivity index (χ3v) is 13.4. The fraction of sp³-hybridized carbons (Fsp3) is 0.0333. The molecule has 0 saturated carbocycles. The molecule has 2 heteroatoms. The second-order valence-electron chi connectivity index (χ2n) is 16.8. The highest BCUT2D eigenvalue weighted by Gasteiger charge is 2.31.